The number of hydrogen-bond acceptors (Lipinski definition) is 3. The predicted molar refractivity (Wildman–Crippen MR) is 147 cm³/mol. The topological polar surface area (TPSA) is 29.5 Å². The number of carbonyl (C=O) groups excluding carboxylic acids is 1. The van der Waals surface area contributed by atoms with Crippen LogP contribution in [0.25, 0.3) is 0 Å². The van der Waals surface area contributed by atoms with Gasteiger partial charge in [-0.2, -0.15) is 0 Å². The number of carbonyl (C=O) groups is 1. The Labute approximate surface area is 216 Å². The first kappa shape index (κ1) is 21.6. The maximum absolute atomic E-state index is 12.6. The molecule has 178 valence electrons. The van der Waals surface area contributed by atoms with E-state index in [1.54, 1.807) is 0 Å². The van der Waals surface area contributed by atoms with E-state index in [0.29, 0.717) is 12.2 Å². The van der Waals surface area contributed by atoms with Gasteiger partial charge in [-0.15, -0.1) is 0 Å². The molecule has 0 aromatic heterocycles. The van der Waals surface area contributed by atoms with E-state index in [4.69, 9.17) is 4.74 Å². The van der Waals surface area contributed by atoms with Crippen molar-refractivity contribution >= 4 is 23.0 Å². The van der Waals surface area contributed by atoms with Gasteiger partial charge in [0.2, 0.25) is 0 Å². The summed E-state index contributed by atoms with van der Waals surface area (Å²) in [4.78, 5) is 14.9. The largest absolute Gasteiger partial charge is 0.462 e. The van der Waals surface area contributed by atoms with Crippen LogP contribution in [0.5, 0.6) is 0 Å². The third-order valence-corrected chi connectivity index (χ3v) is 7.69. The monoisotopic (exact) mass is 479 g/mol. The Morgan fingerprint density at radius 2 is 1.16 bits per heavy atom. The molecule has 5 aromatic carbocycles. The van der Waals surface area contributed by atoms with Gasteiger partial charge in [-0.05, 0) is 52.1 Å². The van der Waals surface area contributed by atoms with Crippen LogP contribution in [-0.4, -0.2) is 12.6 Å². The minimum atomic E-state index is -0.501. The fourth-order valence-corrected chi connectivity index (χ4v) is 6.13. The average molecular weight is 480 g/mol. The number of fused-ring (bicyclic) bond motifs is 3. The molecule has 0 aliphatic carbocycles. The standard InChI is InChI=1S/C34H25NO2/c36-33-28-23-27(20-19-24(28)21-22-37-33)35-31-17-9-7-15-29(31)34(25-11-3-1-4-12-25,26-13-5-2-6-14-26)30-16-8-10-18-32(30)35/h1-20,23H,21-22H2. The van der Waals surface area contributed by atoms with Crippen molar-refractivity contribution in [2.24, 2.45) is 0 Å². The first-order chi connectivity index (χ1) is 18.3. The Balaban J connectivity index is 1.57. The lowest BCUT2D eigenvalue weighted by Gasteiger charge is -2.46. The molecule has 0 amide bonds. The molecule has 0 bridgehead atoms. The molecule has 7 rings (SSSR count). The zero-order valence-electron chi connectivity index (χ0n) is 20.3. The summed E-state index contributed by atoms with van der Waals surface area (Å²) >= 11 is 0. The first-order valence-corrected chi connectivity index (χ1v) is 12.7. The number of cyclic esters (lactones) is 1. The van der Waals surface area contributed by atoms with Gasteiger partial charge < -0.3 is 9.64 Å². The summed E-state index contributed by atoms with van der Waals surface area (Å²) in [5.41, 5.74) is 9.17. The van der Waals surface area contributed by atoms with Gasteiger partial charge in [-0.1, -0.05) is 103 Å². The molecule has 2 aliphatic heterocycles. The first-order valence-electron chi connectivity index (χ1n) is 12.7. The molecule has 0 saturated heterocycles. The molecule has 2 heterocycles. The van der Waals surface area contributed by atoms with Gasteiger partial charge in [0.25, 0.3) is 0 Å². The highest BCUT2D eigenvalue weighted by molar-refractivity contribution is 5.95. The van der Waals surface area contributed by atoms with Gasteiger partial charge in [0.05, 0.1) is 29.0 Å². The molecule has 0 unspecified atom stereocenters. The van der Waals surface area contributed by atoms with E-state index < -0.39 is 5.41 Å². The molecular weight excluding hydrogens is 454 g/mol. The van der Waals surface area contributed by atoms with Crippen LogP contribution in [-0.2, 0) is 16.6 Å². The van der Waals surface area contributed by atoms with E-state index in [2.05, 4.69) is 126 Å². The van der Waals surface area contributed by atoms with Gasteiger partial charge in [0.1, 0.15) is 0 Å². The van der Waals surface area contributed by atoms with Crippen LogP contribution in [0.3, 0.4) is 0 Å². The molecule has 3 nitrogen and oxygen atoms in total. The molecule has 37 heavy (non-hydrogen) atoms. The van der Waals surface area contributed by atoms with E-state index in [9.17, 15) is 4.79 Å². The van der Waals surface area contributed by atoms with E-state index in [0.717, 1.165) is 29.0 Å². The molecule has 0 fully saturated rings. The molecule has 5 aromatic rings. The number of esters is 1. The molecule has 0 radical (unpaired) electrons. The van der Waals surface area contributed by atoms with Crippen LogP contribution in [0.4, 0.5) is 17.1 Å². The van der Waals surface area contributed by atoms with Crippen molar-refractivity contribution < 1.29 is 9.53 Å². The SMILES string of the molecule is O=C1OCCc2ccc(N3c4ccccc4C(c4ccccc4)(c4ccccc4)c4ccccc43)cc21. The van der Waals surface area contributed by atoms with E-state index in [1.807, 2.05) is 6.07 Å². The Morgan fingerprint density at radius 1 is 0.622 bits per heavy atom. The van der Waals surface area contributed by atoms with Crippen LogP contribution in [0.2, 0.25) is 0 Å². The Morgan fingerprint density at radius 3 is 1.76 bits per heavy atom. The summed E-state index contributed by atoms with van der Waals surface area (Å²) in [6.45, 7) is 0.442. The molecule has 0 saturated carbocycles. The number of para-hydroxylation sites is 2. The van der Waals surface area contributed by atoms with Gasteiger partial charge in [-0.3, -0.25) is 0 Å². The lowest BCUT2D eigenvalue weighted by atomic mass is 9.62. The lowest BCUT2D eigenvalue weighted by molar-refractivity contribution is 0.0480. The summed E-state index contributed by atoms with van der Waals surface area (Å²) in [7, 11) is 0. The number of nitrogens with zero attached hydrogens (tertiary/aromatic N) is 1. The minimum absolute atomic E-state index is 0.246. The van der Waals surface area contributed by atoms with Crippen LogP contribution >= 0.6 is 0 Å². The third kappa shape index (κ3) is 3.17. The maximum Gasteiger partial charge on any atom is 0.338 e. The minimum Gasteiger partial charge on any atom is -0.462 e. The molecular formula is C34H25NO2. The quantitative estimate of drug-likeness (QED) is 0.245. The zero-order chi connectivity index (χ0) is 24.8. The van der Waals surface area contributed by atoms with Crippen molar-refractivity contribution in [2.45, 2.75) is 11.8 Å². The second-order valence-corrected chi connectivity index (χ2v) is 9.58. The Kier molecular flexibility index (Phi) is 4.97. The number of ether oxygens (including phenoxy) is 1. The lowest BCUT2D eigenvalue weighted by Crippen LogP contribution is -2.37. The van der Waals surface area contributed by atoms with Crippen LogP contribution < -0.4 is 4.90 Å². The second-order valence-electron chi connectivity index (χ2n) is 9.58. The summed E-state index contributed by atoms with van der Waals surface area (Å²) in [6, 6.07) is 45.0. The highest BCUT2D eigenvalue weighted by atomic mass is 16.5. The van der Waals surface area contributed by atoms with Crippen molar-refractivity contribution in [3.8, 4) is 0 Å². The molecule has 0 N–H and O–H groups in total. The number of benzene rings is 5. The van der Waals surface area contributed by atoms with Crippen LogP contribution in [0.1, 0.15) is 38.2 Å². The highest BCUT2D eigenvalue weighted by Crippen LogP contribution is 2.57. The zero-order valence-corrected chi connectivity index (χ0v) is 20.3. The highest BCUT2D eigenvalue weighted by Gasteiger charge is 2.46. The summed E-state index contributed by atoms with van der Waals surface area (Å²) in [6.07, 6.45) is 0.750. The Bertz CT molecular complexity index is 1540. The fourth-order valence-electron chi connectivity index (χ4n) is 6.13. The number of rotatable bonds is 3. The van der Waals surface area contributed by atoms with Gasteiger partial charge in [0.15, 0.2) is 0 Å². The second kappa shape index (κ2) is 8.49. The summed E-state index contributed by atoms with van der Waals surface area (Å²) in [5, 5.41) is 0. The van der Waals surface area contributed by atoms with Crippen molar-refractivity contribution in [3.63, 3.8) is 0 Å². The fraction of sp³-hybridized carbons (Fsp3) is 0.0882. The molecule has 2 aliphatic rings. The van der Waals surface area contributed by atoms with E-state index in [1.165, 1.54) is 22.3 Å². The predicted octanol–water partition coefficient (Wildman–Crippen LogP) is 7.57. The van der Waals surface area contributed by atoms with Crippen LogP contribution in [0.15, 0.2) is 127 Å². The van der Waals surface area contributed by atoms with Gasteiger partial charge in [0, 0.05) is 12.1 Å². The number of anilines is 3. The molecule has 0 atom stereocenters. The third-order valence-electron chi connectivity index (χ3n) is 7.69. The number of hydrogen-bond donors (Lipinski definition) is 0. The normalized spacial score (nSPS) is 15.2. The van der Waals surface area contributed by atoms with Crippen molar-refractivity contribution in [1.82, 2.24) is 0 Å². The van der Waals surface area contributed by atoms with Crippen molar-refractivity contribution in [3.05, 3.63) is 161 Å². The smallest absolute Gasteiger partial charge is 0.338 e. The van der Waals surface area contributed by atoms with E-state index >= 15 is 0 Å². The van der Waals surface area contributed by atoms with Crippen molar-refractivity contribution in [2.75, 3.05) is 11.5 Å². The van der Waals surface area contributed by atoms with Crippen molar-refractivity contribution in [1.29, 1.82) is 0 Å². The maximum atomic E-state index is 12.6. The van der Waals surface area contributed by atoms with E-state index in [-0.39, 0.29) is 5.97 Å². The van der Waals surface area contributed by atoms with Gasteiger partial charge >= 0.3 is 5.97 Å². The Hall–Kier alpha value is -4.63. The summed E-state index contributed by atoms with van der Waals surface area (Å²) in [5.74, 6) is -0.246. The average Bonchev–Trinajstić information content (AvgIpc) is 2.97. The molecule has 3 heteroatoms. The summed E-state index contributed by atoms with van der Waals surface area (Å²) < 4.78 is 5.38. The van der Waals surface area contributed by atoms with Crippen LogP contribution in [0, 0.1) is 0 Å². The van der Waals surface area contributed by atoms with Gasteiger partial charge in [-0.25, -0.2) is 4.79 Å². The molecule has 0 spiro atoms.